The van der Waals surface area contributed by atoms with E-state index >= 15 is 0 Å². The summed E-state index contributed by atoms with van der Waals surface area (Å²) in [5.74, 6) is 0.347. The quantitative estimate of drug-likeness (QED) is 0.246. The number of phenols is 2. The number of benzene rings is 2. The second-order valence-electron chi connectivity index (χ2n) is 8.13. The summed E-state index contributed by atoms with van der Waals surface area (Å²) in [5, 5.41) is 25.1. The maximum absolute atomic E-state index is 11.6. The number of hydrogen-bond acceptors (Lipinski definition) is 8. The second kappa shape index (κ2) is 8.29. The molecular formula is C22H22N6O4S2. The lowest BCUT2D eigenvalue weighted by molar-refractivity contribution is 0.390. The van der Waals surface area contributed by atoms with Crippen LogP contribution < -0.4 is 10.2 Å². The van der Waals surface area contributed by atoms with E-state index in [1.54, 1.807) is 24.3 Å². The Hall–Kier alpha value is -3.64. The van der Waals surface area contributed by atoms with Crippen LogP contribution in [0.1, 0.15) is 0 Å². The average Bonchev–Trinajstić information content (AvgIpc) is 3.16. The van der Waals surface area contributed by atoms with Gasteiger partial charge in [0.1, 0.15) is 17.8 Å². The lowest BCUT2D eigenvalue weighted by Gasteiger charge is -2.37. The van der Waals surface area contributed by atoms with Gasteiger partial charge in [-0.25, -0.2) is 18.4 Å². The molecule has 0 radical (unpaired) electrons. The molecule has 0 saturated carbocycles. The van der Waals surface area contributed by atoms with Crippen LogP contribution in [-0.4, -0.2) is 76.0 Å². The van der Waals surface area contributed by atoms with Gasteiger partial charge in [0.15, 0.2) is 26.4 Å². The summed E-state index contributed by atoms with van der Waals surface area (Å²) in [6.45, 7) is 2.65. The van der Waals surface area contributed by atoms with Gasteiger partial charge in [0, 0.05) is 49.6 Å². The Bertz CT molecular complexity index is 1510. The van der Waals surface area contributed by atoms with Crippen LogP contribution in [0.2, 0.25) is 0 Å². The van der Waals surface area contributed by atoms with Crippen LogP contribution in [0.3, 0.4) is 0 Å². The molecule has 2 aromatic carbocycles. The SMILES string of the molecule is CS(=O)(=O)c1ccc(NC(=S)N2CCN(c3ncnc4[nH]c5cc(O)c(O)cc5c34)CC2)cc1. The van der Waals surface area contributed by atoms with Crippen LogP contribution >= 0.6 is 12.2 Å². The van der Waals surface area contributed by atoms with Crippen molar-refractivity contribution in [2.75, 3.05) is 42.7 Å². The average molecular weight is 499 g/mol. The summed E-state index contributed by atoms with van der Waals surface area (Å²) in [6.07, 6.45) is 2.67. The maximum atomic E-state index is 11.6. The monoisotopic (exact) mass is 498 g/mol. The number of rotatable bonds is 3. The molecule has 1 fully saturated rings. The number of H-pyrrole nitrogens is 1. The van der Waals surface area contributed by atoms with Crippen molar-refractivity contribution >= 4 is 60.6 Å². The molecular weight excluding hydrogens is 476 g/mol. The van der Waals surface area contributed by atoms with Crippen molar-refractivity contribution in [2.45, 2.75) is 4.90 Å². The molecule has 1 aliphatic rings. The normalized spacial score (nSPS) is 14.6. The molecule has 34 heavy (non-hydrogen) atoms. The van der Waals surface area contributed by atoms with Crippen molar-refractivity contribution in [2.24, 2.45) is 0 Å². The van der Waals surface area contributed by atoms with E-state index < -0.39 is 9.84 Å². The number of nitrogens with one attached hydrogen (secondary N) is 2. The topological polar surface area (TPSA) is 135 Å². The van der Waals surface area contributed by atoms with E-state index in [0.29, 0.717) is 42.5 Å². The first-order valence-corrected chi connectivity index (χ1v) is 12.8. The molecule has 0 amide bonds. The highest BCUT2D eigenvalue weighted by atomic mass is 32.2. The minimum absolute atomic E-state index is 0.200. The van der Waals surface area contributed by atoms with E-state index in [9.17, 15) is 18.6 Å². The first-order valence-electron chi connectivity index (χ1n) is 10.5. The molecule has 10 nitrogen and oxygen atoms in total. The van der Waals surface area contributed by atoms with Crippen LogP contribution in [0.25, 0.3) is 21.9 Å². The smallest absolute Gasteiger partial charge is 0.175 e. The van der Waals surface area contributed by atoms with Gasteiger partial charge in [-0.05, 0) is 42.5 Å². The number of fused-ring (bicyclic) bond motifs is 3. The van der Waals surface area contributed by atoms with Crippen LogP contribution in [0.4, 0.5) is 11.5 Å². The summed E-state index contributed by atoms with van der Waals surface area (Å²) < 4.78 is 23.3. The standard InChI is InChI=1S/C22H22N6O4S2/c1-34(31,32)14-4-2-13(3-5-14)25-22(33)28-8-6-27(7-9-28)21-19-15-10-17(29)18(30)11-16(15)26-20(19)23-12-24-21/h2-5,10-12,29-30H,6-9H2,1H3,(H,25,33)(H,23,24,26). The van der Waals surface area contributed by atoms with E-state index in [2.05, 4.69) is 25.2 Å². The van der Waals surface area contributed by atoms with Crippen LogP contribution in [0.15, 0.2) is 47.6 Å². The molecule has 1 saturated heterocycles. The molecule has 0 unspecified atom stereocenters. The van der Waals surface area contributed by atoms with Crippen molar-refractivity contribution in [1.29, 1.82) is 0 Å². The first kappa shape index (κ1) is 22.2. The molecule has 4 N–H and O–H groups in total. The van der Waals surface area contributed by atoms with Crippen LogP contribution in [0, 0.1) is 0 Å². The number of piperazine rings is 1. The number of sulfone groups is 1. The number of aromatic hydroxyl groups is 2. The van der Waals surface area contributed by atoms with Crippen LogP contribution in [-0.2, 0) is 9.84 Å². The third-order valence-corrected chi connectivity index (χ3v) is 7.35. The summed E-state index contributed by atoms with van der Waals surface area (Å²) in [4.78, 5) is 16.4. The fourth-order valence-electron chi connectivity index (χ4n) is 4.08. The minimum atomic E-state index is -3.25. The zero-order valence-electron chi connectivity index (χ0n) is 18.2. The molecule has 0 aliphatic carbocycles. The zero-order chi connectivity index (χ0) is 24.0. The summed E-state index contributed by atoms with van der Waals surface area (Å²) in [5.41, 5.74) is 2.01. The molecule has 1 aliphatic heterocycles. The fourth-order valence-corrected chi connectivity index (χ4v) is 5.01. The molecule has 0 bridgehead atoms. The van der Waals surface area contributed by atoms with E-state index in [4.69, 9.17) is 12.2 Å². The van der Waals surface area contributed by atoms with Crippen LogP contribution in [0.5, 0.6) is 11.5 Å². The van der Waals surface area contributed by atoms with Gasteiger partial charge in [0.25, 0.3) is 0 Å². The molecule has 5 rings (SSSR count). The van der Waals surface area contributed by atoms with Gasteiger partial charge >= 0.3 is 0 Å². The summed E-state index contributed by atoms with van der Waals surface area (Å²) in [6, 6.07) is 9.48. The minimum Gasteiger partial charge on any atom is -0.504 e. The van der Waals surface area contributed by atoms with Gasteiger partial charge in [-0.15, -0.1) is 0 Å². The van der Waals surface area contributed by atoms with E-state index in [0.717, 1.165) is 22.3 Å². The third-order valence-electron chi connectivity index (χ3n) is 5.86. The van der Waals surface area contributed by atoms with Gasteiger partial charge in [-0.2, -0.15) is 0 Å². The number of nitrogens with zero attached hydrogens (tertiary/aromatic N) is 4. The number of phenolic OH excluding ortho intramolecular Hbond substituents is 2. The number of aromatic amines is 1. The Morgan fingerprint density at radius 3 is 2.41 bits per heavy atom. The largest absolute Gasteiger partial charge is 0.504 e. The Labute approximate surface area is 200 Å². The van der Waals surface area contributed by atoms with E-state index in [-0.39, 0.29) is 16.4 Å². The molecule has 176 valence electrons. The number of anilines is 2. The van der Waals surface area contributed by atoms with Crippen molar-refractivity contribution in [3.8, 4) is 11.5 Å². The highest BCUT2D eigenvalue weighted by molar-refractivity contribution is 7.90. The lowest BCUT2D eigenvalue weighted by Crippen LogP contribution is -2.50. The van der Waals surface area contributed by atoms with Gasteiger partial charge in [-0.3, -0.25) is 0 Å². The van der Waals surface area contributed by atoms with Crippen molar-refractivity contribution in [1.82, 2.24) is 19.9 Å². The molecule has 0 spiro atoms. The zero-order valence-corrected chi connectivity index (χ0v) is 19.8. The van der Waals surface area contributed by atoms with Gasteiger partial charge in [0.05, 0.1) is 15.8 Å². The second-order valence-corrected chi connectivity index (χ2v) is 10.5. The van der Waals surface area contributed by atoms with Gasteiger partial charge < -0.3 is 30.3 Å². The third kappa shape index (κ3) is 4.05. The Balaban J connectivity index is 1.31. The number of hydrogen-bond donors (Lipinski definition) is 4. The fraction of sp³-hybridized carbons (Fsp3) is 0.227. The predicted octanol–water partition coefficient (Wildman–Crippen LogP) is 2.44. The van der Waals surface area contributed by atoms with E-state index in [1.807, 2.05) is 4.90 Å². The highest BCUT2D eigenvalue weighted by Gasteiger charge is 2.23. The lowest BCUT2D eigenvalue weighted by atomic mass is 10.1. The van der Waals surface area contributed by atoms with Crippen molar-refractivity contribution < 1.29 is 18.6 Å². The summed E-state index contributed by atoms with van der Waals surface area (Å²) >= 11 is 5.57. The highest BCUT2D eigenvalue weighted by Crippen LogP contribution is 2.37. The molecule has 12 heteroatoms. The number of aromatic nitrogens is 3. The molecule has 0 atom stereocenters. The maximum Gasteiger partial charge on any atom is 0.175 e. The molecule has 4 aromatic rings. The Morgan fingerprint density at radius 1 is 1.06 bits per heavy atom. The van der Waals surface area contributed by atoms with Crippen molar-refractivity contribution in [3.63, 3.8) is 0 Å². The summed E-state index contributed by atoms with van der Waals surface area (Å²) in [7, 11) is -3.25. The Kier molecular flexibility index (Phi) is 5.41. The molecule has 3 heterocycles. The van der Waals surface area contributed by atoms with Crippen molar-refractivity contribution in [3.05, 3.63) is 42.7 Å². The van der Waals surface area contributed by atoms with Gasteiger partial charge in [0.2, 0.25) is 0 Å². The number of thiocarbonyl (C=S) groups is 1. The molecule has 2 aromatic heterocycles. The predicted molar refractivity (Wildman–Crippen MR) is 134 cm³/mol. The first-order chi connectivity index (χ1) is 16.2. The Morgan fingerprint density at radius 2 is 1.74 bits per heavy atom. The van der Waals surface area contributed by atoms with Gasteiger partial charge in [-0.1, -0.05) is 0 Å². The van der Waals surface area contributed by atoms with E-state index in [1.165, 1.54) is 24.7 Å².